The third kappa shape index (κ3) is 4.09. The Morgan fingerprint density at radius 3 is 2.32 bits per heavy atom. The Balaban J connectivity index is 1.82. The molecule has 1 heterocycles. The Hall–Kier alpha value is -2.17. The van der Waals surface area contributed by atoms with E-state index in [0.29, 0.717) is 9.23 Å². The molecule has 126 valence electrons. The monoisotopic (exact) mass is 365 g/mol. The molecular formula is C21H19NOS2. The molecule has 0 aromatic heterocycles. The van der Waals surface area contributed by atoms with E-state index in [2.05, 4.69) is 6.08 Å². The van der Waals surface area contributed by atoms with Crippen LogP contribution in [0.1, 0.15) is 31.0 Å². The van der Waals surface area contributed by atoms with Crippen LogP contribution in [0.25, 0.3) is 6.08 Å². The molecule has 4 heteroatoms. The number of thioether (sulfide) groups is 1. The molecule has 0 radical (unpaired) electrons. The number of rotatable bonds is 4. The molecule has 2 nitrogen and oxygen atoms in total. The molecule has 1 amide bonds. The smallest absolute Gasteiger partial charge is 0.266 e. The van der Waals surface area contributed by atoms with Gasteiger partial charge in [0, 0.05) is 0 Å². The Morgan fingerprint density at radius 2 is 1.68 bits per heavy atom. The fourth-order valence-electron chi connectivity index (χ4n) is 2.75. The van der Waals surface area contributed by atoms with E-state index in [1.54, 1.807) is 4.90 Å². The minimum atomic E-state index is -0.0713. The highest BCUT2D eigenvalue weighted by molar-refractivity contribution is 8.26. The third-order valence-electron chi connectivity index (χ3n) is 4.05. The highest BCUT2D eigenvalue weighted by atomic mass is 32.2. The molecule has 0 spiro atoms. The lowest BCUT2D eigenvalue weighted by Crippen LogP contribution is -2.31. The first-order valence-corrected chi connectivity index (χ1v) is 9.34. The zero-order valence-electron chi connectivity index (χ0n) is 14.2. The fraction of sp³-hybridized carbons (Fsp3) is 0.143. The van der Waals surface area contributed by atoms with Crippen molar-refractivity contribution < 1.29 is 4.79 Å². The maximum absolute atomic E-state index is 12.8. The summed E-state index contributed by atoms with van der Waals surface area (Å²) in [6, 6.07) is 20.0. The number of benzene rings is 2. The molecule has 0 saturated carbocycles. The van der Waals surface area contributed by atoms with Crippen molar-refractivity contribution in [2.45, 2.75) is 19.9 Å². The Labute approximate surface area is 158 Å². The highest BCUT2D eigenvalue weighted by Gasteiger charge is 2.35. The number of amides is 1. The average molecular weight is 366 g/mol. The number of allylic oxidation sites excluding steroid dienone is 2. The lowest BCUT2D eigenvalue weighted by atomic mass is 10.1. The first-order valence-electron chi connectivity index (χ1n) is 8.11. The van der Waals surface area contributed by atoms with E-state index in [9.17, 15) is 4.79 Å². The van der Waals surface area contributed by atoms with E-state index < -0.39 is 0 Å². The Kier molecular flexibility index (Phi) is 5.51. The topological polar surface area (TPSA) is 20.3 Å². The minimum Gasteiger partial charge on any atom is -0.286 e. The first-order chi connectivity index (χ1) is 12.1. The molecule has 2 aromatic carbocycles. The normalized spacial score (nSPS) is 18.1. The molecule has 1 fully saturated rings. The molecule has 25 heavy (non-hydrogen) atoms. The van der Waals surface area contributed by atoms with E-state index in [4.69, 9.17) is 12.2 Å². The summed E-state index contributed by atoms with van der Waals surface area (Å²) in [5.41, 5.74) is 3.22. The van der Waals surface area contributed by atoms with Crippen LogP contribution in [0.15, 0.2) is 77.2 Å². The number of thiocarbonyl (C=S) groups is 1. The summed E-state index contributed by atoms with van der Waals surface area (Å²) in [6.07, 6.45) is 3.98. The van der Waals surface area contributed by atoms with Crippen molar-refractivity contribution in [3.63, 3.8) is 0 Å². The van der Waals surface area contributed by atoms with Gasteiger partial charge in [0.05, 0.1) is 10.9 Å². The van der Waals surface area contributed by atoms with Crippen molar-refractivity contribution in [2.75, 3.05) is 0 Å². The van der Waals surface area contributed by atoms with Gasteiger partial charge in [0.25, 0.3) is 5.91 Å². The second kappa shape index (κ2) is 7.81. The summed E-state index contributed by atoms with van der Waals surface area (Å²) in [5, 5.41) is 0. The van der Waals surface area contributed by atoms with Gasteiger partial charge in [-0.2, -0.15) is 0 Å². The van der Waals surface area contributed by atoms with Crippen LogP contribution in [-0.2, 0) is 4.79 Å². The number of nitrogens with zero attached hydrogens (tertiary/aromatic N) is 1. The lowest BCUT2D eigenvalue weighted by molar-refractivity contribution is -0.123. The van der Waals surface area contributed by atoms with Crippen LogP contribution in [-0.4, -0.2) is 15.1 Å². The molecule has 0 bridgehead atoms. The summed E-state index contributed by atoms with van der Waals surface area (Å²) in [6.45, 7) is 4.01. The molecule has 1 saturated heterocycles. The highest BCUT2D eigenvalue weighted by Crippen LogP contribution is 2.37. The molecule has 0 aliphatic carbocycles. The SMILES string of the molecule is CC(=Cc1ccccc1)C=C1SC(=S)N(C(C)c2ccccc2)C1=O. The number of hydrogen-bond donors (Lipinski definition) is 0. The van der Waals surface area contributed by atoms with Crippen molar-refractivity contribution in [1.29, 1.82) is 0 Å². The van der Waals surface area contributed by atoms with Crippen LogP contribution < -0.4 is 0 Å². The van der Waals surface area contributed by atoms with E-state index in [1.807, 2.05) is 80.6 Å². The summed E-state index contributed by atoms with van der Waals surface area (Å²) in [5.74, 6) is -0.0211. The van der Waals surface area contributed by atoms with Crippen LogP contribution in [0.4, 0.5) is 0 Å². The van der Waals surface area contributed by atoms with Gasteiger partial charge in [-0.05, 0) is 36.6 Å². The van der Waals surface area contributed by atoms with Crippen molar-refractivity contribution >= 4 is 40.3 Å². The largest absolute Gasteiger partial charge is 0.286 e. The fourth-order valence-corrected chi connectivity index (χ4v) is 4.22. The van der Waals surface area contributed by atoms with Gasteiger partial charge in [-0.3, -0.25) is 9.69 Å². The second-order valence-corrected chi connectivity index (χ2v) is 7.61. The van der Waals surface area contributed by atoms with Crippen LogP contribution in [0, 0.1) is 0 Å². The maximum atomic E-state index is 12.8. The zero-order valence-corrected chi connectivity index (χ0v) is 15.8. The zero-order chi connectivity index (χ0) is 17.8. The van der Waals surface area contributed by atoms with Gasteiger partial charge in [0.15, 0.2) is 0 Å². The number of carbonyl (C=O) groups excluding carboxylic acids is 1. The Morgan fingerprint density at radius 1 is 1.08 bits per heavy atom. The van der Waals surface area contributed by atoms with Crippen molar-refractivity contribution in [1.82, 2.24) is 4.90 Å². The van der Waals surface area contributed by atoms with E-state index >= 15 is 0 Å². The molecule has 3 rings (SSSR count). The van der Waals surface area contributed by atoms with Crippen LogP contribution in [0.2, 0.25) is 0 Å². The predicted octanol–water partition coefficient (Wildman–Crippen LogP) is 5.60. The van der Waals surface area contributed by atoms with Gasteiger partial charge in [0.2, 0.25) is 0 Å². The predicted molar refractivity (Wildman–Crippen MR) is 110 cm³/mol. The van der Waals surface area contributed by atoms with Gasteiger partial charge in [0.1, 0.15) is 4.32 Å². The van der Waals surface area contributed by atoms with Crippen LogP contribution in [0.5, 0.6) is 0 Å². The summed E-state index contributed by atoms with van der Waals surface area (Å²) in [4.78, 5) is 15.2. The lowest BCUT2D eigenvalue weighted by Gasteiger charge is -2.23. The summed E-state index contributed by atoms with van der Waals surface area (Å²) in [7, 11) is 0. The van der Waals surface area contributed by atoms with E-state index in [0.717, 1.165) is 16.7 Å². The average Bonchev–Trinajstić information content (AvgIpc) is 2.89. The molecular weight excluding hydrogens is 346 g/mol. The van der Waals surface area contributed by atoms with Gasteiger partial charge >= 0.3 is 0 Å². The van der Waals surface area contributed by atoms with Gasteiger partial charge < -0.3 is 0 Å². The second-order valence-electron chi connectivity index (χ2n) is 5.94. The number of hydrogen-bond acceptors (Lipinski definition) is 3. The van der Waals surface area contributed by atoms with Gasteiger partial charge in [-0.25, -0.2) is 0 Å². The van der Waals surface area contributed by atoms with Gasteiger partial charge in [-0.15, -0.1) is 0 Å². The molecule has 2 aromatic rings. The summed E-state index contributed by atoms with van der Waals surface area (Å²) < 4.78 is 0.611. The minimum absolute atomic E-state index is 0.0211. The van der Waals surface area contributed by atoms with Crippen molar-refractivity contribution in [3.05, 3.63) is 88.3 Å². The quantitative estimate of drug-likeness (QED) is 0.520. The number of carbonyl (C=O) groups is 1. The van der Waals surface area contributed by atoms with Crippen LogP contribution >= 0.6 is 24.0 Å². The third-order valence-corrected chi connectivity index (χ3v) is 5.38. The molecule has 1 aliphatic rings. The first kappa shape index (κ1) is 17.6. The van der Waals surface area contributed by atoms with Crippen molar-refractivity contribution in [2.24, 2.45) is 0 Å². The van der Waals surface area contributed by atoms with E-state index in [1.165, 1.54) is 11.8 Å². The molecule has 1 unspecified atom stereocenters. The van der Waals surface area contributed by atoms with Crippen LogP contribution in [0.3, 0.4) is 0 Å². The standard InChI is InChI=1S/C21H19NOS2/c1-15(13-17-9-5-3-6-10-17)14-19-20(23)22(21(24)25-19)16(2)18-11-7-4-8-12-18/h3-14,16H,1-2H3. The maximum Gasteiger partial charge on any atom is 0.266 e. The van der Waals surface area contributed by atoms with Gasteiger partial charge in [-0.1, -0.05) is 90.7 Å². The Bertz CT molecular complexity index is 841. The van der Waals surface area contributed by atoms with Crippen molar-refractivity contribution in [3.8, 4) is 0 Å². The molecule has 1 atom stereocenters. The summed E-state index contributed by atoms with van der Waals surface area (Å²) >= 11 is 6.83. The van der Waals surface area contributed by atoms with E-state index in [-0.39, 0.29) is 11.9 Å². The molecule has 0 N–H and O–H groups in total. The molecule has 1 aliphatic heterocycles.